The lowest BCUT2D eigenvalue weighted by Crippen LogP contribution is -2.09. The third-order valence-electron chi connectivity index (χ3n) is 3.40. The number of aromatic amines is 1. The van der Waals surface area contributed by atoms with Gasteiger partial charge in [-0.1, -0.05) is 12.1 Å². The minimum Gasteiger partial charge on any atom is -0.369 e. The van der Waals surface area contributed by atoms with E-state index < -0.39 is 0 Å². The van der Waals surface area contributed by atoms with Gasteiger partial charge < -0.3 is 21.4 Å². The zero-order valence-corrected chi connectivity index (χ0v) is 14.5. The summed E-state index contributed by atoms with van der Waals surface area (Å²) in [5.74, 6) is 1.26. The lowest BCUT2D eigenvalue weighted by Gasteiger charge is -2.10. The molecule has 0 spiro atoms. The zero-order chi connectivity index (χ0) is 16.8. The fourth-order valence-corrected chi connectivity index (χ4v) is 2.52. The summed E-state index contributed by atoms with van der Waals surface area (Å²) < 4.78 is 0.813. The molecule has 0 aliphatic rings. The number of imidazole rings is 1. The summed E-state index contributed by atoms with van der Waals surface area (Å²) in [5.41, 5.74) is 8.70. The third kappa shape index (κ3) is 4.30. The monoisotopic (exact) mass is 387 g/mol. The third-order valence-corrected chi connectivity index (χ3v) is 3.98. The number of rotatable bonds is 7. The van der Waals surface area contributed by atoms with Crippen molar-refractivity contribution in [2.75, 3.05) is 17.2 Å². The summed E-state index contributed by atoms with van der Waals surface area (Å²) >= 11 is 3.47. The Kier molecular flexibility index (Phi) is 5.39. The number of H-pyrrole nitrogens is 1. The summed E-state index contributed by atoms with van der Waals surface area (Å²) in [7, 11) is 0. The minimum absolute atomic E-state index is 0.497. The first-order valence-corrected chi connectivity index (χ1v) is 8.33. The quantitative estimate of drug-likeness (QED) is 0.496. The van der Waals surface area contributed by atoms with Crippen molar-refractivity contribution in [3.8, 4) is 0 Å². The highest BCUT2D eigenvalue weighted by molar-refractivity contribution is 9.10. The van der Waals surface area contributed by atoms with Crippen LogP contribution >= 0.6 is 15.9 Å². The maximum atomic E-state index is 5.67. The highest BCUT2D eigenvalue weighted by atomic mass is 79.9. The zero-order valence-electron chi connectivity index (χ0n) is 13.0. The van der Waals surface area contributed by atoms with Gasteiger partial charge in [-0.3, -0.25) is 0 Å². The number of hydrogen-bond donors (Lipinski definition) is 4. The van der Waals surface area contributed by atoms with Gasteiger partial charge in [-0.15, -0.1) is 0 Å². The topological polar surface area (TPSA) is 105 Å². The Balaban J connectivity index is 1.66. The van der Waals surface area contributed by atoms with Crippen LogP contribution in [0.4, 0.5) is 17.5 Å². The Morgan fingerprint density at radius 2 is 2.17 bits per heavy atom. The van der Waals surface area contributed by atoms with Gasteiger partial charge in [0.1, 0.15) is 5.82 Å². The van der Waals surface area contributed by atoms with Crippen molar-refractivity contribution in [1.82, 2.24) is 19.9 Å². The predicted octanol–water partition coefficient (Wildman–Crippen LogP) is 2.82. The molecule has 0 aliphatic carbocycles. The molecular weight excluding hydrogens is 370 g/mol. The van der Waals surface area contributed by atoms with E-state index in [2.05, 4.69) is 46.5 Å². The molecular formula is C16H18BrN7. The number of nitrogens with zero attached hydrogens (tertiary/aromatic N) is 3. The van der Waals surface area contributed by atoms with Crippen LogP contribution in [0.3, 0.4) is 0 Å². The molecule has 3 aromatic rings. The van der Waals surface area contributed by atoms with Gasteiger partial charge in [-0.2, -0.15) is 4.98 Å². The number of nitrogens with two attached hydrogens (primary N) is 1. The second-order valence-corrected chi connectivity index (χ2v) is 6.03. The maximum Gasteiger partial charge on any atom is 0.229 e. The van der Waals surface area contributed by atoms with E-state index in [0.717, 1.165) is 40.2 Å². The van der Waals surface area contributed by atoms with Gasteiger partial charge in [-0.25, -0.2) is 9.97 Å². The molecule has 0 aliphatic heterocycles. The highest BCUT2D eigenvalue weighted by Gasteiger charge is 2.06. The van der Waals surface area contributed by atoms with Crippen molar-refractivity contribution in [2.45, 2.75) is 13.0 Å². The number of hydrogen-bond acceptors (Lipinski definition) is 6. The molecule has 1 aromatic carbocycles. The van der Waals surface area contributed by atoms with Crippen LogP contribution in [0, 0.1) is 0 Å². The van der Waals surface area contributed by atoms with E-state index in [-0.39, 0.29) is 0 Å². The average molecular weight is 388 g/mol. The Hall–Kier alpha value is -2.45. The number of nitrogens with one attached hydrogen (secondary N) is 3. The van der Waals surface area contributed by atoms with Gasteiger partial charge in [0.05, 0.1) is 10.8 Å². The molecule has 0 radical (unpaired) electrons. The Morgan fingerprint density at radius 1 is 1.25 bits per heavy atom. The SMILES string of the molecule is NCc1cccc(Nc2ncc(Br)c(NCCc3cnc[nH]3)n2)c1. The van der Waals surface area contributed by atoms with Crippen LogP contribution in [0.1, 0.15) is 11.3 Å². The van der Waals surface area contributed by atoms with E-state index in [0.29, 0.717) is 12.5 Å². The molecule has 0 amide bonds. The predicted molar refractivity (Wildman–Crippen MR) is 98.1 cm³/mol. The van der Waals surface area contributed by atoms with Crippen molar-refractivity contribution in [3.05, 3.63) is 58.7 Å². The van der Waals surface area contributed by atoms with Crippen molar-refractivity contribution < 1.29 is 0 Å². The molecule has 24 heavy (non-hydrogen) atoms. The molecule has 0 fully saturated rings. The van der Waals surface area contributed by atoms with Gasteiger partial charge >= 0.3 is 0 Å². The molecule has 0 bridgehead atoms. The summed E-state index contributed by atoms with van der Waals surface area (Å²) in [6.07, 6.45) is 6.04. The second kappa shape index (κ2) is 7.89. The lowest BCUT2D eigenvalue weighted by atomic mass is 10.2. The summed E-state index contributed by atoms with van der Waals surface area (Å²) in [4.78, 5) is 15.9. The summed E-state index contributed by atoms with van der Waals surface area (Å²) in [6.45, 7) is 1.23. The van der Waals surface area contributed by atoms with Crippen molar-refractivity contribution in [3.63, 3.8) is 0 Å². The molecule has 0 unspecified atom stereocenters. The summed E-state index contributed by atoms with van der Waals surface area (Å²) in [5, 5.41) is 6.49. The van der Waals surface area contributed by atoms with E-state index in [1.54, 1.807) is 12.5 Å². The second-order valence-electron chi connectivity index (χ2n) is 5.17. The molecule has 7 nitrogen and oxygen atoms in total. The number of benzene rings is 1. The molecule has 0 saturated carbocycles. The Labute approximate surface area is 148 Å². The van der Waals surface area contributed by atoms with Gasteiger partial charge in [0, 0.05) is 43.3 Å². The molecule has 2 heterocycles. The minimum atomic E-state index is 0.497. The van der Waals surface area contributed by atoms with Crippen LogP contribution in [0.25, 0.3) is 0 Å². The van der Waals surface area contributed by atoms with Crippen molar-refractivity contribution in [2.24, 2.45) is 5.73 Å². The number of anilines is 3. The van der Waals surface area contributed by atoms with Crippen LogP contribution in [0.2, 0.25) is 0 Å². The molecule has 5 N–H and O–H groups in total. The highest BCUT2D eigenvalue weighted by Crippen LogP contribution is 2.22. The molecule has 0 atom stereocenters. The van der Waals surface area contributed by atoms with Crippen molar-refractivity contribution in [1.29, 1.82) is 0 Å². The normalized spacial score (nSPS) is 10.6. The fourth-order valence-electron chi connectivity index (χ4n) is 2.19. The Morgan fingerprint density at radius 3 is 2.96 bits per heavy atom. The van der Waals surface area contributed by atoms with Crippen LogP contribution in [0.15, 0.2) is 47.5 Å². The van der Waals surface area contributed by atoms with Crippen molar-refractivity contribution >= 4 is 33.4 Å². The van der Waals surface area contributed by atoms with Gasteiger partial charge in [0.25, 0.3) is 0 Å². The molecule has 8 heteroatoms. The fraction of sp³-hybridized carbons (Fsp3) is 0.188. The van der Waals surface area contributed by atoms with Gasteiger partial charge in [0.15, 0.2) is 0 Å². The van der Waals surface area contributed by atoms with Crippen LogP contribution < -0.4 is 16.4 Å². The van der Waals surface area contributed by atoms with Gasteiger partial charge in [0.2, 0.25) is 5.95 Å². The lowest BCUT2D eigenvalue weighted by molar-refractivity contribution is 0.962. The molecule has 2 aromatic heterocycles. The van der Waals surface area contributed by atoms with E-state index in [4.69, 9.17) is 5.73 Å². The van der Waals surface area contributed by atoms with E-state index in [1.165, 1.54) is 0 Å². The van der Waals surface area contributed by atoms with Crippen LogP contribution in [-0.2, 0) is 13.0 Å². The first-order chi connectivity index (χ1) is 11.7. The van der Waals surface area contributed by atoms with Crippen LogP contribution in [0.5, 0.6) is 0 Å². The first-order valence-electron chi connectivity index (χ1n) is 7.54. The molecule has 3 rings (SSSR count). The van der Waals surface area contributed by atoms with Gasteiger partial charge in [-0.05, 0) is 33.6 Å². The van der Waals surface area contributed by atoms with E-state index in [1.807, 2.05) is 30.5 Å². The Bertz CT molecular complexity index is 789. The van der Waals surface area contributed by atoms with E-state index in [9.17, 15) is 0 Å². The first kappa shape index (κ1) is 16.4. The molecule has 124 valence electrons. The molecule has 0 saturated heterocycles. The standard InChI is InChI=1S/C16H18BrN7/c17-14-9-21-16(23-12-3-1-2-11(6-12)7-18)24-15(14)20-5-4-13-8-19-10-22-13/h1-3,6,8-10H,4-5,7,18H2,(H,19,22)(H2,20,21,23,24). The smallest absolute Gasteiger partial charge is 0.229 e. The average Bonchev–Trinajstić information content (AvgIpc) is 3.11. The largest absolute Gasteiger partial charge is 0.369 e. The maximum absolute atomic E-state index is 5.67. The number of aromatic nitrogens is 4. The number of halogens is 1. The summed E-state index contributed by atoms with van der Waals surface area (Å²) in [6, 6.07) is 7.87. The van der Waals surface area contributed by atoms with E-state index >= 15 is 0 Å². The van der Waals surface area contributed by atoms with Crippen LogP contribution in [-0.4, -0.2) is 26.5 Å².